The lowest BCUT2D eigenvalue weighted by Gasteiger charge is -2.34. The first-order chi connectivity index (χ1) is 8.45. The molecule has 0 spiro atoms. The molecule has 1 aromatic carbocycles. The Bertz CT molecular complexity index is 432. The van der Waals surface area contributed by atoms with E-state index in [1.165, 1.54) is 19.3 Å². The normalized spacial score (nSPS) is 24.2. The first kappa shape index (κ1) is 14.1. The summed E-state index contributed by atoms with van der Waals surface area (Å²) in [7, 11) is 0. The van der Waals surface area contributed by atoms with Crippen molar-refractivity contribution in [3.8, 4) is 0 Å². The molecule has 1 saturated carbocycles. The SMILES string of the molecule is CC1(C)CCCC1C(NN)c1ccc(Cl)c(Cl)c1. The summed E-state index contributed by atoms with van der Waals surface area (Å²) < 4.78 is 0. The van der Waals surface area contributed by atoms with Gasteiger partial charge in [-0.25, -0.2) is 0 Å². The fourth-order valence-electron chi connectivity index (χ4n) is 3.12. The Hall–Kier alpha value is -0.280. The van der Waals surface area contributed by atoms with Gasteiger partial charge >= 0.3 is 0 Å². The molecule has 0 amide bonds. The summed E-state index contributed by atoms with van der Waals surface area (Å²) in [5, 5.41) is 1.17. The van der Waals surface area contributed by atoms with Crippen molar-refractivity contribution in [2.75, 3.05) is 0 Å². The molecule has 1 aliphatic carbocycles. The van der Waals surface area contributed by atoms with Gasteiger partial charge < -0.3 is 0 Å². The first-order valence-corrected chi connectivity index (χ1v) is 7.12. The number of nitrogens with one attached hydrogen (secondary N) is 1. The zero-order valence-electron chi connectivity index (χ0n) is 10.8. The van der Waals surface area contributed by atoms with E-state index in [0.29, 0.717) is 21.4 Å². The first-order valence-electron chi connectivity index (χ1n) is 6.37. The molecular weight excluding hydrogens is 267 g/mol. The van der Waals surface area contributed by atoms with E-state index in [1.54, 1.807) is 0 Å². The van der Waals surface area contributed by atoms with Gasteiger partial charge in [0.2, 0.25) is 0 Å². The number of hydrogen-bond donors (Lipinski definition) is 2. The highest BCUT2D eigenvalue weighted by Crippen LogP contribution is 2.48. The Morgan fingerprint density at radius 1 is 1.33 bits per heavy atom. The van der Waals surface area contributed by atoms with Crippen molar-refractivity contribution in [1.29, 1.82) is 0 Å². The van der Waals surface area contributed by atoms with Crippen molar-refractivity contribution < 1.29 is 0 Å². The molecule has 18 heavy (non-hydrogen) atoms. The van der Waals surface area contributed by atoms with Gasteiger partial charge in [0.05, 0.1) is 10.0 Å². The van der Waals surface area contributed by atoms with Gasteiger partial charge in [0.1, 0.15) is 0 Å². The van der Waals surface area contributed by atoms with Gasteiger partial charge in [-0.3, -0.25) is 11.3 Å². The van der Waals surface area contributed by atoms with Gasteiger partial charge in [-0.05, 0) is 41.9 Å². The Morgan fingerprint density at radius 3 is 2.56 bits per heavy atom. The third kappa shape index (κ3) is 2.67. The average Bonchev–Trinajstić information content (AvgIpc) is 2.65. The third-order valence-electron chi connectivity index (χ3n) is 4.22. The molecule has 0 heterocycles. The largest absolute Gasteiger partial charge is 0.271 e. The fraction of sp³-hybridized carbons (Fsp3) is 0.571. The van der Waals surface area contributed by atoms with Crippen molar-refractivity contribution in [3.63, 3.8) is 0 Å². The molecule has 100 valence electrons. The van der Waals surface area contributed by atoms with Gasteiger partial charge in [-0.2, -0.15) is 0 Å². The van der Waals surface area contributed by atoms with Crippen LogP contribution in [0.4, 0.5) is 0 Å². The van der Waals surface area contributed by atoms with E-state index < -0.39 is 0 Å². The van der Waals surface area contributed by atoms with Crippen molar-refractivity contribution >= 4 is 23.2 Å². The number of rotatable bonds is 3. The van der Waals surface area contributed by atoms with Crippen molar-refractivity contribution in [1.82, 2.24) is 5.43 Å². The van der Waals surface area contributed by atoms with Gasteiger partial charge in [0.25, 0.3) is 0 Å². The third-order valence-corrected chi connectivity index (χ3v) is 4.96. The predicted molar refractivity (Wildman–Crippen MR) is 77.6 cm³/mol. The molecule has 3 N–H and O–H groups in total. The Morgan fingerprint density at radius 2 is 2.06 bits per heavy atom. The van der Waals surface area contributed by atoms with Crippen LogP contribution in [0.15, 0.2) is 18.2 Å². The molecular formula is C14H20Cl2N2. The highest BCUT2D eigenvalue weighted by Gasteiger charge is 2.39. The van der Waals surface area contributed by atoms with E-state index in [4.69, 9.17) is 29.0 Å². The van der Waals surface area contributed by atoms with Crippen molar-refractivity contribution in [2.24, 2.45) is 17.2 Å². The molecule has 2 nitrogen and oxygen atoms in total. The summed E-state index contributed by atoms with van der Waals surface area (Å²) in [5.41, 5.74) is 4.39. The molecule has 0 aliphatic heterocycles. The Labute approximate surface area is 119 Å². The van der Waals surface area contributed by atoms with E-state index in [1.807, 2.05) is 18.2 Å². The summed E-state index contributed by atoms with van der Waals surface area (Å²) in [6.45, 7) is 4.62. The van der Waals surface area contributed by atoms with Crippen LogP contribution in [0.5, 0.6) is 0 Å². The Kier molecular flexibility index (Phi) is 4.22. The summed E-state index contributed by atoms with van der Waals surface area (Å²) in [5.74, 6) is 6.30. The second kappa shape index (κ2) is 5.38. The minimum atomic E-state index is 0.136. The molecule has 2 unspecified atom stereocenters. The lowest BCUT2D eigenvalue weighted by Crippen LogP contribution is -2.37. The lowest BCUT2D eigenvalue weighted by molar-refractivity contribution is 0.198. The maximum Gasteiger partial charge on any atom is 0.0595 e. The van der Waals surface area contributed by atoms with Crippen LogP contribution >= 0.6 is 23.2 Å². The van der Waals surface area contributed by atoms with Crippen LogP contribution in [0.1, 0.15) is 44.7 Å². The van der Waals surface area contributed by atoms with Crippen LogP contribution in [0.3, 0.4) is 0 Å². The average molecular weight is 287 g/mol. The molecule has 2 atom stereocenters. The maximum atomic E-state index is 6.09. The molecule has 1 aliphatic rings. The van der Waals surface area contributed by atoms with E-state index >= 15 is 0 Å². The van der Waals surface area contributed by atoms with Crippen LogP contribution in [0.2, 0.25) is 10.0 Å². The van der Waals surface area contributed by atoms with Crippen LogP contribution in [-0.2, 0) is 0 Å². The second-order valence-corrected chi connectivity index (χ2v) is 6.62. The van der Waals surface area contributed by atoms with Gasteiger partial charge in [-0.1, -0.05) is 49.5 Å². The highest BCUT2D eigenvalue weighted by atomic mass is 35.5. The van der Waals surface area contributed by atoms with Crippen LogP contribution < -0.4 is 11.3 Å². The molecule has 0 saturated heterocycles. The van der Waals surface area contributed by atoms with E-state index in [-0.39, 0.29) is 6.04 Å². The van der Waals surface area contributed by atoms with E-state index in [2.05, 4.69) is 19.3 Å². The number of halogens is 2. The molecule has 1 fully saturated rings. The van der Waals surface area contributed by atoms with E-state index in [0.717, 1.165) is 5.56 Å². The second-order valence-electron chi connectivity index (χ2n) is 5.81. The molecule has 0 aromatic heterocycles. The standard InChI is InChI=1S/C14H20Cl2N2/c1-14(2)7-3-4-10(14)13(18-17)9-5-6-11(15)12(16)8-9/h5-6,8,10,13,18H,3-4,7,17H2,1-2H3. The van der Waals surface area contributed by atoms with Gasteiger partial charge in [0.15, 0.2) is 0 Å². The molecule has 1 aromatic rings. The highest BCUT2D eigenvalue weighted by molar-refractivity contribution is 6.42. The van der Waals surface area contributed by atoms with Crippen molar-refractivity contribution in [2.45, 2.75) is 39.2 Å². The smallest absolute Gasteiger partial charge is 0.0595 e. The molecule has 2 rings (SSSR count). The van der Waals surface area contributed by atoms with Crippen LogP contribution in [0, 0.1) is 11.3 Å². The maximum absolute atomic E-state index is 6.09. The Balaban J connectivity index is 2.30. The summed E-state index contributed by atoms with van der Waals surface area (Å²) in [6.07, 6.45) is 3.70. The minimum absolute atomic E-state index is 0.136. The van der Waals surface area contributed by atoms with Crippen LogP contribution in [0.25, 0.3) is 0 Å². The zero-order valence-corrected chi connectivity index (χ0v) is 12.4. The predicted octanol–water partition coefficient (Wildman–Crippen LogP) is 4.32. The number of nitrogens with two attached hydrogens (primary N) is 1. The summed E-state index contributed by atoms with van der Waals surface area (Å²) in [6, 6.07) is 5.90. The molecule has 0 bridgehead atoms. The summed E-state index contributed by atoms with van der Waals surface area (Å²) in [4.78, 5) is 0. The van der Waals surface area contributed by atoms with Crippen LogP contribution in [-0.4, -0.2) is 0 Å². The quantitative estimate of drug-likeness (QED) is 0.641. The zero-order chi connectivity index (χ0) is 13.3. The lowest BCUT2D eigenvalue weighted by atomic mass is 9.75. The molecule has 0 radical (unpaired) electrons. The topological polar surface area (TPSA) is 38.0 Å². The van der Waals surface area contributed by atoms with E-state index in [9.17, 15) is 0 Å². The number of hydrazine groups is 1. The van der Waals surface area contributed by atoms with Gasteiger partial charge in [-0.15, -0.1) is 0 Å². The molecule has 4 heteroatoms. The van der Waals surface area contributed by atoms with Crippen molar-refractivity contribution in [3.05, 3.63) is 33.8 Å². The monoisotopic (exact) mass is 286 g/mol. The number of benzene rings is 1. The fourth-order valence-corrected chi connectivity index (χ4v) is 3.43. The summed E-state index contributed by atoms with van der Waals surface area (Å²) >= 11 is 12.1. The minimum Gasteiger partial charge on any atom is -0.271 e. The van der Waals surface area contributed by atoms with Gasteiger partial charge in [0, 0.05) is 6.04 Å². The number of hydrogen-bond acceptors (Lipinski definition) is 2.